The SMILES string of the molecule is COc1cc(-c2nnc(SCC(=O)N3[C@H](C)CCC[C@@H]3C)o2)cc(OC)c1OC. The van der Waals surface area contributed by atoms with Crippen LogP contribution in [0, 0.1) is 0 Å². The number of piperidine rings is 1. The van der Waals surface area contributed by atoms with Crippen LogP contribution in [0.25, 0.3) is 11.5 Å². The van der Waals surface area contributed by atoms with Gasteiger partial charge in [-0.15, -0.1) is 10.2 Å². The van der Waals surface area contributed by atoms with Crippen molar-refractivity contribution in [3.8, 4) is 28.7 Å². The molecule has 0 spiro atoms. The Morgan fingerprint density at radius 2 is 1.72 bits per heavy atom. The smallest absolute Gasteiger partial charge is 0.277 e. The highest BCUT2D eigenvalue weighted by Gasteiger charge is 2.29. The number of thioether (sulfide) groups is 1. The number of rotatable bonds is 7. The summed E-state index contributed by atoms with van der Waals surface area (Å²) in [5.41, 5.74) is 0.642. The fraction of sp³-hybridized carbons (Fsp3) is 0.550. The number of likely N-dealkylation sites (tertiary alicyclic amines) is 1. The quantitative estimate of drug-likeness (QED) is 0.626. The van der Waals surface area contributed by atoms with Gasteiger partial charge in [0.2, 0.25) is 17.5 Å². The van der Waals surface area contributed by atoms with Gasteiger partial charge in [-0.05, 0) is 45.2 Å². The molecule has 2 heterocycles. The fourth-order valence-corrected chi connectivity index (χ4v) is 4.33. The van der Waals surface area contributed by atoms with Gasteiger partial charge in [0.25, 0.3) is 5.22 Å². The van der Waals surface area contributed by atoms with Crippen molar-refractivity contribution in [2.45, 2.75) is 50.4 Å². The summed E-state index contributed by atoms with van der Waals surface area (Å²) < 4.78 is 21.8. The Balaban J connectivity index is 1.72. The van der Waals surface area contributed by atoms with Crippen molar-refractivity contribution in [1.29, 1.82) is 0 Å². The molecule has 1 aromatic heterocycles. The summed E-state index contributed by atoms with van der Waals surface area (Å²) in [5.74, 6) is 2.17. The van der Waals surface area contributed by atoms with Crippen LogP contribution >= 0.6 is 11.8 Å². The number of amides is 1. The van der Waals surface area contributed by atoms with Gasteiger partial charge in [-0.25, -0.2) is 0 Å². The molecule has 0 unspecified atom stereocenters. The van der Waals surface area contributed by atoms with Gasteiger partial charge in [0, 0.05) is 17.6 Å². The maximum Gasteiger partial charge on any atom is 0.277 e. The van der Waals surface area contributed by atoms with Crippen LogP contribution in [0.5, 0.6) is 17.2 Å². The van der Waals surface area contributed by atoms with E-state index in [1.807, 2.05) is 4.90 Å². The van der Waals surface area contributed by atoms with Gasteiger partial charge in [0.15, 0.2) is 11.5 Å². The largest absolute Gasteiger partial charge is 0.493 e. The lowest BCUT2D eigenvalue weighted by molar-refractivity contribution is -0.134. The Morgan fingerprint density at radius 1 is 1.10 bits per heavy atom. The van der Waals surface area contributed by atoms with Crippen LogP contribution in [-0.2, 0) is 4.79 Å². The van der Waals surface area contributed by atoms with Gasteiger partial charge in [-0.2, -0.15) is 0 Å². The maximum absolute atomic E-state index is 12.7. The fourth-order valence-electron chi connectivity index (χ4n) is 3.70. The maximum atomic E-state index is 12.7. The first kappa shape index (κ1) is 21.3. The molecule has 1 aromatic carbocycles. The first-order chi connectivity index (χ1) is 14.0. The van der Waals surface area contributed by atoms with E-state index in [2.05, 4.69) is 24.0 Å². The molecule has 0 saturated carbocycles. The molecule has 1 aliphatic heterocycles. The topological polar surface area (TPSA) is 86.9 Å². The lowest BCUT2D eigenvalue weighted by Crippen LogP contribution is -2.48. The molecule has 3 rings (SSSR count). The van der Waals surface area contributed by atoms with Crippen LogP contribution in [0.1, 0.15) is 33.1 Å². The lowest BCUT2D eigenvalue weighted by atomic mass is 9.98. The Hall–Kier alpha value is -2.42. The van der Waals surface area contributed by atoms with Gasteiger partial charge in [0.1, 0.15) is 0 Å². The summed E-state index contributed by atoms with van der Waals surface area (Å²) in [7, 11) is 4.64. The minimum atomic E-state index is 0.0993. The summed E-state index contributed by atoms with van der Waals surface area (Å²) in [6, 6.07) is 4.02. The highest BCUT2D eigenvalue weighted by molar-refractivity contribution is 7.99. The molecule has 29 heavy (non-hydrogen) atoms. The van der Waals surface area contributed by atoms with Gasteiger partial charge < -0.3 is 23.5 Å². The normalized spacial score (nSPS) is 19.1. The molecule has 0 N–H and O–H groups in total. The van der Waals surface area contributed by atoms with Gasteiger partial charge in [-0.1, -0.05) is 11.8 Å². The monoisotopic (exact) mass is 421 g/mol. The molecule has 2 atom stereocenters. The number of hydrogen-bond acceptors (Lipinski definition) is 8. The third-order valence-electron chi connectivity index (χ3n) is 5.12. The van der Waals surface area contributed by atoms with Crippen molar-refractivity contribution < 1.29 is 23.4 Å². The highest BCUT2D eigenvalue weighted by atomic mass is 32.2. The first-order valence-electron chi connectivity index (χ1n) is 9.56. The average Bonchev–Trinajstić information content (AvgIpc) is 3.20. The molecular formula is C20H27N3O5S. The van der Waals surface area contributed by atoms with Crippen molar-refractivity contribution in [3.05, 3.63) is 12.1 Å². The van der Waals surface area contributed by atoms with E-state index in [0.717, 1.165) is 12.8 Å². The molecule has 8 nitrogen and oxygen atoms in total. The Bertz CT molecular complexity index is 821. The molecule has 1 fully saturated rings. The second-order valence-corrected chi connectivity index (χ2v) is 7.93. The number of carbonyl (C=O) groups excluding carboxylic acids is 1. The molecule has 9 heteroatoms. The zero-order valence-electron chi connectivity index (χ0n) is 17.4. The van der Waals surface area contributed by atoms with E-state index in [4.69, 9.17) is 18.6 Å². The standard InChI is InChI=1S/C20H27N3O5S/c1-12-7-6-8-13(2)23(12)17(24)11-29-20-22-21-19(28-20)14-9-15(25-3)18(27-5)16(10-14)26-4/h9-10,12-13H,6-8,11H2,1-5H3/t12-,13+. The number of methoxy groups -OCH3 is 3. The molecular weight excluding hydrogens is 394 g/mol. The predicted octanol–water partition coefficient (Wildman–Crippen LogP) is 3.64. The molecule has 1 saturated heterocycles. The van der Waals surface area contributed by atoms with Crippen LogP contribution in [0.2, 0.25) is 0 Å². The lowest BCUT2D eigenvalue weighted by Gasteiger charge is -2.39. The van der Waals surface area contributed by atoms with E-state index < -0.39 is 0 Å². The predicted molar refractivity (Wildman–Crippen MR) is 110 cm³/mol. The summed E-state index contributed by atoms with van der Waals surface area (Å²) >= 11 is 1.25. The summed E-state index contributed by atoms with van der Waals surface area (Å²) in [4.78, 5) is 14.7. The van der Waals surface area contributed by atoms with Crippen molar-refractivity contribution in [2.24, 2.45) is 0 Å². The van der Waals surface area contributed by atoms with Crippen molar-refractivity contribution in [2.75, 3.05) is 27.1 Å². The number of carbonyl (C=O) groups is 1. The third kappa shape index (κ3) is 4.60. The van der Waals surface area contributed by atoms with Gasteiger partial charge >= 0.3 is 0 Å². The molecule has 1 amide bonds. The van der Waals surface area contributed by atoms with Crippen molar-refractivity contribution in [1.82, 2.24) is 15.1 Å². The zero-order chi connectivity index (χ0) is 21.0. The van der Waals surface area contributed by atoms with E-state index in [1.165, 1.54) is 18.2 Å². The number of aromatic nitrogens is 2. The number of ether oxygens (including phenoxy) is 3. The third-order valence-corrected chi connectivity index (χ3v) is 5.92. The van der Waals surface area contributed by atoms with E-state index >= 15 is 0 Å². The van der Waals surface area contributed by atoms with Gasteiger partial charge in [-0.3, -0.25) is 4.79 Å². The van der Waals surface area contributed by atoms with Gasteiger partial charge in [0.05, 0.1) is 27.1 Å². The van der Waals surface area contributed by atoms with Crippen molar-refractivity contribution in [3.63, 3.8) is 0 Å². The molecule has 0 aliphatic carbocycles. The number of nitrogens with zero attached hydrogens (tertiary/aromatic N) is 3. The molecule has 1 aliphatic rings. The van der Waals surface area contributed by atoms with E-state index in [9.17, 15) is 4.79 Å². The molecule has 0 bridgehead atoms. The molecule has 158 valence electrons. The van der Waals surface area contributed by atoms with Crippen LogP contribution in [0.3, 0.4) is 0 Å². The number of hydrogen-bond donors (Lipinski definition) is 0. The number of benzene rings is 1. The Kier molecular flexibility index (Phi) is 6.89. The van der Waals surface area contributed by atoms with E-state index in [0.29, 0.717) is 33.9 Å². The first-order valence-corrected chi connectivity index (χ1v) is 10.5. The zero-order valence-corrected chi connectivity index (χ0v) is 18.2. The van der Waals surface area contributed by atoms with E-state index in [1.54, 1.807) is 33.5 Å². The molecule has 2 aromatic rings. The Labute approximate surface area is 174 Å². The van der Waals surface area contributed by atoms with Crippen molar-refractivity contribution >= 4 is 17.7 Å². The highest BCUT2D eigenvalue weighted by Crippen LogP contribution is 2.41. The van der Waals surface area contributed by atoms with Crippen LogP contribution < -0.4 is 14.2 Å². The van der Waals surface area contributed by atoms with E-state index in [-0.39, 0.29) is 23.7 Å². The summed E-state index contributed by atoms with van der Waals surface area (Å²) in [6.07, 6.45) is 3.26. The van der Waals surface area contributed by atoms with Crippen LogP contribution in [-0.4, -0.2) is 60.2 Å². The second-order valence-electron chi connectivity index (χ2n) is 7.01. The molecule has 0 radical (unpaired) electrons. The minimum absolute atomic E-state index is 0.0993. The Morgan fingerprint density at radius 3 is 2.28 bits per heavy atom. The second kappa shape index (κ2) is 9.39. The van der Waals surface area contributed by atoms with Crippen LogP contribution in [0.15, 0.2) is 21.8 Å². The summed E-state index contributed by atoms with van der Waals surface area (Å²) in [6.45, 7) is 4.21. The van der Waals surface area contributed by atoms with Crippen LogP contribution in [0.4, 0.5) is 0 Å². The average molecular weight is 422 g/mol. The summed E-state index contributed by atoms with van der Waals surface area (Å²) in [5, 5.41) is 8.51. The minimum Gasteiger partial charge on any atom is -0.493 e.